The molecule has 0 heterocycles. The van der Waals surface area contributed by atoms with Crippen molar-refractivity contribution in [1.29, 1.82) is 0 Å². The third-order valence-electron chi connectivity index (χ3n) is 3.35. The van der Waals surface area contributed by atoms with Gasteiger partial charge in [0.1, 0.15) is 0 Å². The second-order valence-electron chi connectivity index (χ2n) is 4.77. The number of nitrogens with one attached hydrogen (secondary N) is 1. The number of halogens is 1. The van der Waals surface area contributed by atoms with Gasteiger partial charge < -0.3 is 5.32 Å². The van der Waals surface area contributed by atoms with Crippen molar-refractivity contribution in [2.24, 2.45) is 0 Å². The second kappa shape index (κ2) is 6.71. The molecule has 0 unspecified atom stereocenters. The fraction of sp³-hybridized carbons (Fsp3) is 0.235. The van der Waals surface area contributed by atoms with Gasteiger partial charge in [-0.25, -0.2) is 0 Å². The molecule has 0 radical (unpaired) electrons. The summed E-state index contributed by atoms with van der Waals surface area (Å²) in [6, 6.07) is 15.8. The Labute approximate surface area is 128 Å². The van der Waals surface area contributed by atoms with Crippen molar-refractivity contribution in [3.8, 4) is 0 Å². The van der Waals surface area contributed by atoms with E-state index in [0.717, 1.165) is 16.5 Å². The molecule has 1 amide bonds. The standard InChI is InChI=1S/C17H18BrNO/c1-3-13-8-10-14(11-9-13)12(2)19-17(20)15-6-4-5-7-16(15)18/h4-12H,3H2,1-2H3,(H,19,20)/t12-/m0/s1. The summed E-state index contributed by atoms with van der Waals surface area (Å²) in [7, 11) is 0. The number of amides is 1. The highest BCUT2D eigenvalue weighted by molar-refractivity contribution is 9.10. The Kier molecular flexibility index (Phi) is 4.96. The van der Waals surface area contributed by atoms with Gasteiger partial charge in [0, 0.05) is 4.47 Å². The SMILES string of the molecule is CCc1ccc([C@H](C)NC(=O)c2ccccc2Br)cc1. The maximum Gasteiger partial charge on any atom is 0.252 e. The van der Waals surface area contributed by atoms with Crippen LogP contribution in [0.2, 0.25) is 0 Å². The Balaban J connectivity index is 2.09. The fourth-order valence-corrected chi connectivity index (χ4v) is 2.51. The molecule has 2 nitrogen and oxygen atoms in total. The van der Waals surface area contributed by atoms with Crippen LogP contribution in [-0.2, 0) is 6.42 Å². The van der Waals surface area contributed by atoms with Crippen molar-refractivity contribution >= 4 is 21.8 Å². The maximum absolute atomic E-state index is 12.2. The monoisotopic (exact) mass is 331 g/mol. The number of rotatable bonds is 4. The van der Waals surface area contributed by atoms with Gasteiger partial charge >= 0.3 is 0 Å². The maximum atomic E-state index is 12.2. The molecular weight excluding hydrogens is 314 g/mol. The Morgan fingerprint density at radius 3 is 2.40 bits per heavy atom. The molecule has 2 aromatic carbocycles. The molecule has 0 fully saturated rings. The van der Waals surface area contributed by atoms with E-state index >= 15 is 0 Å². The van der Waals surface area contributed by atoms with Crippen LogP contribution in [0.15, 0.2) is 53.0 Å². The summed E-state index contributed by atoms with van der Waals surface area (Å²) in [5.74, 6) is -0.0652. The van der Waals surface area contributed by atoms with Gasteiger partial charge in [-0.05, 0) is 52.5 Å². The Morgan fingerprint density at radius 2 is 1.80 bits per heavy atom. The van der Waals surface area contributed by atoms with Gasteiger partial charge in [-0.2, -0.15) is 0 Å². The minimum atomic E-state index is -0.0652. The highest BCUT2D eigenvalue weighted by Crippen LogP contribution is 2.18. The Bertz CT molecular complexity index is 592. The van der Waals surface area contributed by atoms with Crippen LogP contribution in [0.4, 0.5) is 0 Å². The molecule has 0 aromatic heterocycles. The number of hydrogen-bond acceptors (Lipinski definition) is 1. The molecule has 20 heavy (non-hydrogen) atoms. The molecule has 0 aliphatic heterocycles. The van der Waals surface area contributed by atoms with Crippen LogP contribution in [0.1, 0.15) is 41.4 Å². The quantitative estimate of drug-likeness (QED) is 0.877. The van der Waals surface area contributed by atoms with Crippen LogP contribution in [-0.4, -0.2) is 5.91 Å². The van der Waals surface area contributed by atoms with E-state index in [0.29, 0.717) is 5.56 Å². The van der Waals surface area contributed by atoms with E-state index in [9.17, 15) is 4.79 Å². The average Bonchev–Trinajstić information content (AvgIpc) is 2.47. The lowest BCUT2D eigenvalue weighted by Gasteiger charge is -2.15. The van der Waals surface area contributed by atoms with Gasteiger partial charge in [0.15, 0.2) is 0 Å². The number of carbonyl (C=O) groups is 1. The van der Waals surface area contributed by atoms with E-state index in [2.05, 4.69) is 52.4 Å². The van der Waals surface area contributed by atoms with Gasteiger partial charge in [-0.3, -0.25) is 4.79 Å². The minimum Gasteiger partial charge on any atom is -0.345 e. The first-order chi connectivity index (χ1) is 9.61. The first kappa shape index (κ1) is 14.8. The lowest BCUT2D eigenvalue weighted by molar-refractivity contribution is 0.0939. The molecule has 0 spiro atoms. The van der Waals surface area contributed by atoms with Crippen LogP contribution in [0.3, 0.4) is 0 Å². The van der Waals surface area contributed by atoms with Gasteiger partial charge in [0.2, 0.25) is 0 Å². The van der Waals surface area contributed by atoms with Gasteiger partial charge in [0.05, 0.1) is 11.6 Å². The van der Waals surface area contributed by atoms with Crippen molar-refractivity contribution in [1.82, 2.24) is 5.32 Å². The summed E-state index contributed by atoms with van der Waals surface area (Å²) in [5.41, 5.74) is 3.07. The van der Waals surface area contributed by atoms with E-state index in [1.54, 1.807) is 0 Å². The van der Waals surface area contributed by atoms with E-state index < -0.39 is 0 Å². The zero-order valence-electron chi connectivity index (χ0n) is 11.7. The number of carbonyl (C=O) groups excluding carboxylic acids is 1. The smallest absolute Gasteiger partial charge is 0.252 e. The summed E-state index contributed by atoms with van der Waals surface area (Å²) in [5, 5.41) is 3.02. The van der Waals surface area contributed by atoms with E-state index in [1.807, 2.05) is 31.2 Å². The summed E-state index contributed by atoms with van der Waals surface area (Å²) in [4.78, 5) is 12.2. The van der Waals surface area contributed by atoms with Crippen LogP contribution in [0.5, 0.6) is 0 Å². The van der Waals surface area contributed by atoms with Crippen LogP contribution >= 0.6 is 15.9 Å². The molecule has 104 valence electrons. The third-order valence-corrected chi connectivity index (χ3v) is 4.05. The van der Waals surface area contributed by atoms with Crippen molar-refractivity contribution in [2.75, 3.05) is 0 Å². The number of benzene rings is 2. The van der Waals surface area contributed by atoms with Crippen molar-refractivity contribution in [3.63, 3.8) is 0 Å². The van der Waals surface area contributed by atoms with E-state index in [-0.39, 0.29) is 11.9 Å². The zero-order chi connectivity index (χ0) is 14.5. The average molecular weight is 332 g/mol. The lowest BCUT2D eigenvalue weighted by atomic mass is 10.0. The molecule has 1 N–H and O–H groups in total. The molecule has 2 rings (SSSR count). The van der Waals surface area contributed by atoms with Gasteiger partial charge in [-0.1, -0.05) is 43.3 Å². The summed E-state index contributed by atoms with van der Waals surface area (Å²) >= 11 is 3.40. The Hall–Kier alpha value is -1.61. The number of hydrogen-bond donors (Lipinski definition) is 1. The normalized spacial score (nSPS) is 11.9. The molecule has 0 aliphatic carbocycles. The minimum absolute atomic E-state index is 0.0134. The van der Waals surface area contributed by atoms with Crippen LogP contribution < -0.4 is 5.32 Å². The van der Waals surface area contributed by atoms with E-state index in [1.165, 1.54) is 5.56 Å². The van der Waals surface area contributed by atoms with Crippen LogP contribution in [0, 0.1) is 0 Å². The van der Waals surface area contributed by atoms with Crippen molar-refractivity contribution in [3.05, 3.63) is 69.7 Å². The van der Waals surface area contributed by atoms with Crippen molar-refractivity contribution < 1.29 is 4.79 Å². The zero-order valence-corrected chi connectivity index (χ0v) is 13.3. The predicted octanol–water partition coefficient (Wildman–Crippen LogP) is 4.50. The van der Waals surface area contributed by atoms with Gasteiger partial charge in [0.25, 0.3) is 5.91 Å². The fourth-order valence-electron chi connectivity index (χ4n) is 2.05. The largest absolute Gasteiger partial charge is 0.345 e. The highest BCUT2D eigenvalue weighted by Gasteiger charge is 2.13. The molecule has 3 heteroatoms. The summed E-state index contributed by atoms with van der Waals surface area (Å²) in [6.07, 6.45) is 1.03. The first-order valence-corrected chi connectivity index (χ1v) is 7.55. The van der Waals surface area contributed by atoms with Crippen LogP contribution in [0.25, 0.3) is 0 Å². The molecule has 1 atom stereocenters. The third kappa shape index (κ3) is 3.48. The molecule has 2 aromatic rings. The molecule has 0 saturated heterocycles. The number of aryl methyl sites for hydroxylation is 1. The topological polar surface area (TPSA) is 29.1 Å². The first-order valence-electron chi connectivity index (χ1n) is 6.76. The Morgan fingerprint density at radius 1 is 1.15 bits per heavy atom. The molecular formula is C17H18BrNO. The van der Waals surface area contributed by atoms with E-state index in [4.69, 9.17) is 0 Å². The highest BCUT2D eigenvalue weighted by atomic mass is 79.9. The molecule has 0 bridgehead atoms. The lowest BCUT2D eigenvalue weighted by Crippen LogP contribution is -2.26. The van der Waals surface area contributed by atoms with Gasteiger partial charge in [-0.15, -0.1) is 0 Å². The predicted molar refractivity (Wildman–Crippen MR) is 85.8 cm³/mol. The second-order valence-corrected chi connectivity index (χ2v) is 5.62. The molecule has 0 saturated carbocycles. The van der Waals surface area contributed by atoms with Crippen molar-refractivity contribution in [2.45, 2.75) is 26.3 Å². The summed E-state index contributed by atoms with van der Waals surface area (Å²) < 4.78 is 0.811. The molecule has 0 aliphatic rings. The summed E-state index contributed by atoms with van der Waals surface area (Å²) in [6.45, 7) is 4.13.